The fourth-order valence-corrected chi connectivity index (χ4v) is 6.03. The highest BCUT2D eigenvalue weighted by molar-refractivity contribution is 7.18. The third-order valence-corrected chi connectivity index (χ3v) is 7.94. The molecule has 1 N–H and O–H groups in total. The molecule has 32 heavy (non-hydrogen) atoms. The Morgan fingerprint density at radius 1 is 0.938 bits per heavy atom. The average molecular weight is 449 g/mol. The van der Waals surface area contributed by atoms with Crippen LogP contribution in [0.2, 0.25) is 0 Å². The van der Waals surface area contributed by atoms with E-state index >= 15 is 0 Å². The van der Waals surface area contributed by atoms with Crippen LogP contribution in [0.4, 0.5) is 11.4 Å². The van der Waals surface area contributed by atoms with Gasteiger partial charge in [-0.1, -0.05) is 25.0 Å². The van der Waals surface area contributed by atoms with E-state index in [2.05, 4.69) is 51.5 Å². The molecular formula is C26H32N4OS. The summed E-state index contributed by atoms with van der Waals surface area (Å²) in [7, 11) is 0. The number of hydrogen-bond donors (Lipinski definition) is 1. The lowest BCUT2D eigenvalue weighted by Crippen LogP contribution is -2.38. The van der Waals surface area contributed by atoms with Crippen molar-refractivity contribution in [2.75, 3.05) is 42.9 Å². The van der Waals surface area contributed by atoms with Gasteiger partial charge in [0.25, 0.3) is 0 Å². The van der Waals surface area contributed by atoms with Crippen molar-refractivity contribution in [3.63, 3.8) is 0 Å². The molecule has 2 fully saturated rings. The number of nitrogens with zero attached hydrogens (tertiary/aromatic N) is 3. The molecule has 1 aromatic heterocycles. The van der Waals surface area contributed by atoms with E-state index in [4.69, 9.17) is 4.98 Å². The van der Waals surface area contributed by atoms with Crippen molar-refractivity contribution in [1.82, 2.24) is 9.88 Å². The van der Waals surface area contributed by atoms with Crippen LogP contribution in [0.15, 0.2) is 48.5 Å². The van der Waals surface area contributed by atoms with Crippen LogP contribution in [-0.2, 0) is 4.79 Å². The van der Waals surface area contributed by atoms with Crippen molar-refractivity contribution < 1.29 is 4.79 Å². The zero-order valence-electron chi connectivity index (χ0n) is 18.6. The normalized spacial score (nSPS) is 18.6. The third kappa shape index (κ3) is 5.13. The minimum Gasteiger partial charge on any atom is -0.372 e. The van der Waals surface area contributed by atoms with Crippen molar-refractivity contribution in [1.29, 1.82) is 0 Å². The van der Waals surface area contributed by atoms with Crippen LogP contribution in [0.1, 0.15) is 49.5 Å². The molecule has 5 rings (SSSR count). The van der Waals surface area contributed by atoms with Gasteiger partial charge >= 0.3 is 0 Å². The predicted octanol–water partition coefficient (Wildman–Crippen LogP) is 5.49. The van der Waals surface area contributed by atoms with Gasteiger partial charge in [0.05, 0.1) is 21.8 Å². The van der Waals surface area contributed by atoms with E-state index in [1.807, 2.05) is 23.5 Å². The van der Waals surface area contributed by atoms with E-state index in [0.717, 1.165) is 50.2 Å². The van der Waals surface area contributed by atoms with E-state index < -0.39 is 0 Å². The number of rotatable bonds is 5. The molecule has 168 valence electrons. The van der Waals surface area contributed by atoms with E-state index in [1.54, 1.807) is 0 Å². The minimum atomic E-state index is 0.0750. The Morgan fingerprint density at radius 3 is 2.38 bits per heavy atom. The molecule has 0 bridgehead atoms. The predicted molar refractivity (Wildman–Crippen MR) is 134 cm³/mol. The zero-order valence-corrected chi connectivity index (χ0v) is 19.4. The molecule has 2 aliphatic rings. The number of benzene rings is 2. The zero-order chi connectivity index (χ0) is 21.8. The van der Waals surface area contributed by atoms with Gasteiger partial charge in [-0.15, -0.1) is 11.3 Å². The Balaban J connectivity index is 1.10. The van der Waals surface area contributed by atoms with Gasteiger partial charge < -0.3 is 10.2 Å². The standard InChI is InChI=1S/C26H32N4OS/c31-25(27-21-9-11-22(12-10-21)30-15-5-1-2-6-16-30)19-29-17-13-20(14-18-29)26-28-23-7-3-4-8-24(23)32-26/h3-4,7-12,20H,1-2,5-6,13-19H2,(H,27,31). The van der Waals surface area contributed by atoms with Crippen LogP contribution >= 0.6 is 11.3 Å². The maximum Gasteiger partial charge on any atom is 0.238 e. The Labute approximate surface area is 194 Å². The topological polar surface area (TPSA) is 48.5 Å². The molecule has 0 radical (unpaired) electrons. The number of hydrogen-bond acceptors (Lipinski definition) is 5. The third-order valence-electron chi connectivity index (χ3n) is 6.74. The highest BCUT2D eigenvalue weighted by Gasteiger charge is 2.24. The van der Waals surface area contributed by atoms with Crippen LogP contribution in [0.3, 0.4) is 0 Å². The van der Waals surface area contributed by atoms with Gasteiger partial charge in [-0.05, 0) is 75.2 Å². The first-order valence-electron chi connectivity index (χ1n) is 12.0. The van der Waals surface area contributed by atoms with Crippen molar-refractivity contribution >= 4 is 38.8 Å². The number of aromatic nitrogens is 1. The van der Waals surface area contributed by atoms with E-state index in [9.17, 15) is 4.79 Å². The van der Waals surface area contributed by atoms with Gasteiger partial charge in [0.1, 0.15) is 0 Å². The smallest absolute Gasteiger partial charge is 0.238 e. The number of amides is 1. The molecule has 3 aromatic rings. The first-order valence-corrected chi connectivity index (χ1v) is 12.8. The second-order valence-electron chi connectivity index (χ2n) is 9.07. The van der Waals surface area contributed by atoms with Crippen LogP contribution < -0.4 is 10.2 Å². The molecule has 2 saturated heterocycles. The molecule has 6 heteroatoms. The Kier molecular flexibility index (Phi) is 6.69. The molecule has 0 atom stereocenters. The van der Waals surface area contributed by atoms with E-state index in [1.165, 1.54) is 41.1 Å². The number of likely N-dealkylation sites (tertiary alicyclic amines) is 1. The number of fused-ring (bicyclic) bond motifs is 1. The van der Waals surface area contributed by atoms with Crippen molar-refractivity contribution in [3.05, 3.63) is 53.5 Å². The first-order chi connectivity index (χ1) is 15.7. The van der Waals surface area contributed by atoms with Crippen LogP contribution in [0, 0.1) is 0 Å². The number of thiazole rings is 1. The second-order valence-corrected chi connectivity index (χ2v) is 10.1. The summed E-state index contributed by atoms with van der Waals surface area (Å²) in [6.07, 6.45) is 7.35. The maximum atomic E-state index is 12.6. The monoisotopic (exact) mass is 448 g/mol. The molecular weight excluding hydrogens is 416 g/mol. The summed E-state index contributed by atoms with van der Waals surface area (Å²) in [5.41, 5.74) is 3.26. The summed E-state index contributed by atoms with van der Waals surface area (Å²) in [5, 5.41) is 4.33. The maximum absolute atomic E-state index is 12.6. The van der Waals surface area contributed by atoms with E-state index in [-0.39, 0.29) is 5.91 Å². The number of carbonyl (C=O) groups is 1. The quantitative estimate of drug-likeness (QED) is 0.560. The highest BCUT2D eigenvalue weighted by atomic mass is 32.1. The molecule has 3 heterocycles. The number of anilines is 2. The van der Waals surface area contributed by atoms with Gasteiger partial charge in [0, 0.05) is 30.4 Å². The van der Waals surface area contributed by atoms with Crippen LogP contribution in [0.5, 0.6) is 0 Å². The number of piperidine rings is 1. The van der Waals surface area contributed by atoms with Gasteiger partial charge in [0.15, 0.2) is 0 Å². The molecule has 0 saturated carbocycles. The lowest BCUT2D eigenvalue weighted by molar-refractivity contribution is -0.117. The summed E-state index contributed by atoms with van der Waals surface area (Å²) in [5.74, 6) is 0.587. The summed E-state index contributed by atoms with van der Waals surface area (Å²) in [6.45, 7) is 4.63. The number of carbonyl (C=O) groups excluding carboxylic acids is 1. The minimum absolute atomic E-state index is 0.0750. The summed E-state index contributed by atoms with van der Waals surface area (Å²) in [4.78, 5) is 22.2. The van der Waals surface area contributed by atoms with Crippen LogP contribution in [0.25, 0.3) is 10.2 Å². The van der Waals surface area contributed by atoms with E-state index in [0.29, 0.717) is 12.5 Å². The molecule has 0 spiro atoms. The number of para-hydroxylation sites is 1. The summed E-state index contributed by atoms with van der Waals surface area (Å²) >= 11 is 1.82. The summed E-state index contributed by atoms with van der Waals surface area (Å²) < 4.78 is 1.27. The lowest BCUT2D eigenvalue weighted by Gasteiger charge is -2.30. The molecule has 0 aliphatic carbocycles. The SMILES string of the molecule is O=C(CN1CCC(c2nc3ccccc3s2)CC1)Nc1ccc(N2CCCCCC2)cc1. The molecule has 5 nitrogen and oxygen atoms in total. The Morgan fingerprint density at radius 2 is 1.66 bits per heavy atom. The van der Waals surface area contributed by atoms with Gasteiger partial charge in [-0.25, -0.2) is 4.98 Å². The Hall–Kier alpha value is -2.44. The van der Waals surface area contributed by atoms with Crippen molar-refractivity contribution in [2.45, 2.75) is 44.4 Å². The van der Waals surface area contributed by atoms with Crippen LogP contribution in [-0.4, -0.2) is 48.5 Å². The number of nitrogens with one attached hydrogen (secondary N) is 1. The summed E-state index contributed by atoms with van der Waals surface area (Å²) in [6, 6.07) is 16.7. The van der Waals surface area contributed by atoms with Gasteiger partial charge in [-0.2, -0.15) is 0 Å². The first kappa shape index (κ1) is 21.4. The van der Waals surface area contributed by atoms with Crippen molar-refractivity contribution in [3.8, 4) is 0 Å². The fraction of sp³-hybridized carbons (Fsp3) is 0.462. The van der Waals surface area contributed by atoms with Gasteiger partial charge in [0.2, 0.25) is 5.91 Å². The Bertz CT molecular complexity index is 998. The molecule has 1 amide bonds. The van der Waals surface area contributed by atoms with Gasteiger partial charge in [-0.3, -0.25) is 9.69 Å². The largest absolute Gasteiger partial charge is 0.372 e. The second kappa shape index (κ2) is 10.0. The highest BCUT2D eigenvalue weighted by Crippen LogP contribution is 2.33. The fourth-order valence-electron chi connectivity index (χ4n) is 4.89. The average Bonchev–Trinajstić information content (AvgIpc) is 3.06. The van der Waals surface area contributed by atoms with Crippen molar-refractivity contribution in [2.24, 2.45) is 0 Å². The molecule has 2 aromatic carbocycles. The lowest BCUT2D eigenvalue weighted by atomic mass is 9.97. The molecule has 2 aliphatic heterocycles. The molecule has 0 unspecified atom stereocenters.